The number of ether oxygens (including phenoxy) is 1. The highest BCUT2D eigenvalue weighted by atomic mass is 79.9. The third-order valence-corrected chi connectivity index (χ3v) is 2.93. The number of nitrogens with one attached hydrogen (secondary N) is 1. The first kappa shape index (κ1) is 13.5. The van der Waals surface area contributed by atoms with Gasteiger partial charge in [-0.1, -0.05) is 22.0 Å². The molecule has 0 radical (unpaired) electrons. The molecular weight excluding hydrogens is 270 g/mol. The average Bonchev–Trinajstić information content (AvgIpc) is 2.24. The van der Waals surface area contributed by atoms with Crippen molar-refractivity contribution >= 4 is 15.9 Å². The Morgan fingerprint density at radius 3 is 2.88 bits per heavy atom. The molecule has 1 unspecified atom stereocenters. The number of rotatable bonds is 6. The van der Waals surface area contributed by atoms with E-state index in [1.54, 1.807) is 13.2 Å². The minimum Gasteiger partial charge on any atom is -0.508 e. The molecule has 2 N–H and O–H groups in total. The smallest absolute Gasteiger partial charge is 0.121 e. The molecule has 1 aromatic carbocycles. The maximum atomic E-state index is 9.77. The van der Waals surface area contributed by atoms with Crippen molar-refractivity contribution in [1.29, 1.82) is 0 Å². The Labute approximate surface area is 105 Å². The van der Waals surface area contributed by atoms with Crippen LogP contribution in [-0.2, 0) is 4.74 Å². The van der Waals surface area contributed by atoms with E-state index in [1.165, 1.54) is 0 Å². The van der Waals surface area contributed by atoms with Crippen molar-refractivity contribution in [3.63, 3.8) is 0 Å². The zero-order valence-electron chi connectivity index (χ0n) is 9.66. The standard InChI is InChI=1S/C12H18BrNO2/c1-9(14-6-3-7-16-2)11-5-4-10(13)8-12(11)15/h4-5,8-9,14-15H,3,6-7H2,1-2H3. The summed E-state index contributed by atoms with van der Waals surface area (Å²) in [5.41, 5.74) is 0.917. The number of hydrogen-bond donors (Lipinski definition) is 2. The zero-order valence-corrected chi connectivity index (χ0v) is 11.3. The summed E-state index contributed by atoms with van der Waals surface area (Å²) >= 11 is 3.32. The number of phenols is 1. The van der Waals surface area contributed by atoms with E-state index < -0.39 is 0 Å². The highest BCUT2D eigenvalue weighted by molar-refractivity contribution is 9.10. The Bertz CT molecular complexity index is 331. The zero-order chi connectivity index (χ0) is 12.0. The van der Waals surface area contributed by atoms with Crippen molar-refractivity contribution in [3.8, 4) is 5.75 Å². The van der Waals surface area contributed by atoms with Crippen molar-refractivity contribution in [1.82, 2.24) is 5.32 Å². The second kappa shape index (κ2) is 6.89. The number of benzene rings is 1. The van der Waals surface area contributed by atoms with Crippen LogP contribution in [0.25, 0.3) is 0 Å². The normalized spacial score (nSPS) is 12.7. The third kappa shape index (κ3) is 4.12. The second-order valence-electron chi connectivity index (χ2n) is 3.73. The molecule has 0 saturated heterocycles. The fourth-order valence-corrected chi connectivity index (χ4v) is 1.88. The molecule has 0 heterocycles. The molecule has 0 aliphatic heterocycles. The van der Waals surface area contributed by atoms with Crippen molar-refractivity contribution < 1.29 is 9.84 Å². The summed E-state index contributed by atoms with van der Waals surface area (Å²) < 4.78 is 5.86. The molecule has 0 fully saturated rings. The minimum atomic E-state index is 0.143. The molecule has 0 aliphatic rings. The van der Waals surface area contributed by atoms with Crippen LogP contribution in [0.15, 0.2) is 22.7 Å². The van der Waals surface area contributed by atoms with E-state index in [0.717, 1.165) is 29.6 Å². The van der Waals surface area contributed by atoms with Crippen molar-refractivity contribution in [3.05, 3.63) is 28.2 Å². The van der Waals surface area contributed by atoms with E-state index in [4.69, 9.17) is 4.74 Å². The molecule has 3 nitrogen and oxygen atoms in total. The number of halogens is 1. The first-order chi connectivity index (χ1) is 7.65. The number of methoxy groups -OCH3 is 1. The Balaban J connectivity index is 2.49. The largest absolute Gasteiger partial charge is 0.508 e. The summed E-state index contributed by atoms with van der Waals surface area (Å²) in [4.78, 5) is 0. The van der Waals surface area contributed by atoms with Crippen LogP contribution in [0, 0.1) is 0 Å². The summed E-state index contributed by atoms with van der Waals surface area (Å²) in [6, 6.07) is 5.71. The fraction of sp³-hybridized carbons (Fsp3) is 0.500. The van der Waals surface area contributed by atoms with Crippen LogP contribution >= 0.6 is 15.9 Å². The van der Waals surface area contributed by atoms with Gasteiger partial charge >= 0.3 is 0 Å². The maximum absolute atomic E-state index is 9.77. The Morgan fingerprint density at radius 1 is 1.50 bits per heavy atom. The van der Waals surface area contributed by atoms with Crippen LogP contribution in [-0.4, -0.2) is 25.4 Å². The SMILES string of the molecule is COCCCNC(C)c1ccc(Br)cc1O. The molecule has 16 heavy (non-hydrogen) atoms. The van der Waals surface area contributed by atoms with Gasteiger partial charge in [0.15, 0.2) is 0 Å². The molecule has 0 aromatic heterocycles. The lowest BCUT2D eigenvalue weighted by molar-refractivity contribution is 0.193. The van der Waals surface area contributed by atoms with E-state index >= 15 is 0 Å². The van der Waals surface area contributed by atoms with Gasteiger partial charge in [0.05, 0.1) is 0 Å². The Kier molecular flexibility index (Phi) is 5.80. The van der Waals surface area contributed by atoms with Gasteiger partial charge in [0.1, 0.15) is 5.75 Å². The molecule has 0 spiro atoms. The van der Waals surface area contributed by atoms with Crippen molar-refractivity contribution in [2.24, 2.45) is 0 Å². The summed E-state index contributed by atoms with van der Waals surface area (Å²) in [6.07, 6.45) is 0.970. The van der Waals surface area contributed by atoms with Gasteiger partial charge in [0.25, 0.3) is 0 Å². The van der Waals surface area contributed by atoms with Crippen LogP contribution in [0.3, 0.4) is 0 Å². The highest BCUT2D eigenvalue weighted by Crippen LogP contribution is 2.27. The molecule has 1 aromatic rings. The number of aromatic hydroxyl groups is 1. The van der Waals surface area contributed by atoms with Crippen molar-refractivity contribution in [2.75, 3.05) is 20.3 Å². The van der Waals surface area contributed by atoms with Gasteiger partial charge in [-0.15, -0.1) is 0 Å². The molecule has 0 aliphatic carbocycles. The van der Waals surface area contributed by atoms with Gasteiger partial charge in [-0.25, -0.2) is 0 Å². The van der Waals surface area contributed by atoms with Crippen LogP contribution in [0.1, 0.15) is 24.9 Å². The highest BCUT2D eigenvalue weighted by Gasteiger charge is 2.09. The van der Waals surface area contributed by atoms with Gasteiger partial charge in [-0.2, -0.15) is 0 Å². The summed E-state index contributed by atoms with van der Waals surface area (Å²) in [7, 11) is 1.70. The second-order valence-corrected chi connectivity index (χ2v) is 4.64. The Morgan fingerprint density at radius 2 is 2.25 bits per heavy atom. The first-order valence-electron chi connectivity index (χ1n) is 5.36. The summed E-state index contributed by atoms with van der Waals surface area (Å²) in [6.45, 7) is 3.67. The van der Waals surface area contributed by atoms with Crippen LogP contribution in [0.5, 0.6) is 5.75 Å². The van der Waals surface area contributed by atoms with E-state index in [-0.39, 0.29) is 6.04 Å². The molecule has 0 saturated carbocycles. The van der Waals surface area contributed by atoms with Crippen molar-refractivity contribution in [2.45, 2.75) is 19.4 Å². The van der Waals surface area contributed by atoms with Gasteiger partial charge in [-0.3, -0.25) is 0 Å². The van der Waals surface area contributed by atoms with E-state index in [0.29, 0.717) is 5.75 Å². The summed E-state index contributed by atoms with van der Waals surface area (Å²) in [5, 5.41) is 13.1. The molecule has 1 rings (SSSR count). The lowest BCUT2D eigenvalue weighted by Crippen LogP contribution is -2.20. The molecule has 1 atom stereocenters. The number of phenolic OH excluding ortho intramolecular Hbond substituents is 1. The maximum Gasteiger partial charge on any atom is 0.121 e. The van der Waals surface area contributed by atoms with Crippen LogP contribution in [0.2, 0.25) is 0 Å². The predicted octanol–water partition coefficient (Wildman–Crippen LogP) is 2.84. The molecule has 0 bridgehead atoms. The lowest BCUT2D eigenvalue weighted by Gasteiger charge is -2.15. The Hall–Kier alpha value is -0.580. The topological polar surface area (TPSA) is 41.5 Å². The average molecular weight is 288 g/mol. The molecule has 4 heteroatoms. The molecule has 90 valence electrons. The lowest BCUT2D eigenvalue weighted by atomic mass is 10.1. The van der Waals surface area contributed by atoms with Crippen LogP contribution in [0.4, 0.5) is 0 Å². The summed E-state index contributed by atoms with van der Waals surface area (Å²) in [5.74, 6) is 0.320. The third-order valence-electron chi connectivity index (χ3n) is 2.43. The van der Waals surface area contributed by atoms with Gasteiger partial charge in [0, 0.05) is 29.8 Å². The van der Waals surface area contributed by atoms with Gasteiger partial charge < -0.3 is 15.2 Å². The van der Waals surface area contributed by atoms with E-state index in [9.17, 15) is 5.11 Å². The van der Waals surface area contributed by atoms with Gasteiger partial charge in [0.2, 0.25) is 0 Å². The van der Waals surface area contributed by atoms with Crippen LogP contribution < -0.4 is 5.32 Å². The van der Waals surface area contributed by atoms with Gasteiger partial charge in [-0.05, 0) is 32.0 Å². The quantitative estimate of drug-likeness (QED) is 0.791. The van der Waals surface area contributed by atoms with E-state index in [2.05, 4.69) is 21.2 Å². The monoisotopic (exact) mass is 287 g/mol. The predicted molar refractivity (Wildman–Crippen MR) is 68.7 cm³/mol. The molecule has 0 amide bonds. The van der Waals surface area contributed by atoms with E-state index in [1.807, 2.05) is 19.1 Å². The first-order valence-corrected chi connectivity index (χ1v) is 6.15. The number of hydrogen-bond acceptors (Lipinski definition) is 3. The minimum absolute atomic E-state index is 0.143. The fourth-order valence-electron chi connectivity index (χ4n) is 1.53. The molecular formula is C12H18BrNO2.